The van der Waals surface area contributed by atoms with Crippen LogP contribution in [-0.2, 0) is 11.8 Å². The van der Waals surface area contributed by atoms with Gasteiger partial charge in [-0.2, -0.15) is 0 Å². The number of para-hydroxylation sites is 1. The second-order valence-corrected chi connectivity index (χ2v) is 6.42. The van der Waals surface area contributed by atoms with Crippen LogP contribution in [0.2, 0.25) is 0 Å². The number of aliphatic hydroxyl groups excluding tert-OH is 1. The molecule has 0 radical (unpaired) electrons. The fourth-order valence-electron chi connectivity index (χ4n) is 3.03. The van der Waals surface area contributed by atoms with Gasteiger partial charge >= 0.3 is 5.97 Å². The van der Waals surface area contributed by atoms with Crippen molar-refractivity contribution in [1.29, 1.82) is 0 Å². The lowest BCUT2D eigenvalue weighted by Gasteiger charge is -2.14. The molecular formula is C20H21N3O6. The van der Waals surface area contributed by atoms with Crippen LogP contribution in [0.15, 0.2) is 47.3 Å². The van der Waals surface area contributed by atoms with Gasteiger partial charge in [-0.1, -0.05) is 18.2 Å². The number of nitrogens with zero attached hydrogens (tertiary/aromatic N) is 2. The fourth-order valence-corrected chi connectivity index (χ4v) is 3.03. The summed E-state index contributed by atoms with van der Waals surface area (Å²) in [4.78, 5) is 24.2. The van der Waals surface area contributed by atoms with Gasteiger partial charge in [-0.15, -0.1) is 0 Å². The van der Waals surface area contributed by atoms with E-state index in [0.29, 0.717) is 11.4 Å². The molecule has 0 aliphatic heterocycles. The van der Waals surface area contributed by atoms with E-state index in [-0.39, 0.29) is 34.0 Å². The quantitative estimate of drug-likeness (QED) is 0.468. The van der Waals surface area contributed by atoms with Crippen LogP contribution in [0, 0.1) is 6.92 Å². The van der Waals surface area contributed by atoms with Crippen molar-refractivity contribution < 1.29 is 24.9 Å². The van der Waals surface area contributed by atoms with Crippen molar-refractivity contribution >= 4 is 17.3 Å². The molecule has 3 rings (SSSR count). The minimum Gasteiger partial charge on any atom is -0.503 e. The van der Waals surface area contributed by atoms with Crippen LogP contribution in [0.5, 0.6) is 11.5 Å². The van der Waals surface area contributed by atoms with E-state index in [1.165, 1.54) is 23.9 Å². The summed E-state index contributed by atoms with van der Waals surface area (Å²) in [5.41, 5.74) is 1.10. The molecule has 1 unspecified atom stereocenters. The number of aromatic nitrogens is 2. The molecule has 0 aliphatic carbocycles. The Morgan fingerprint density at radius 3 is 2.45 bits per heavy atom. The maximum atomic E-state index is 13.0. The van der Waals surface area contributed by atoms with Gasteiger partial charge in [0.15, 0.2) is 17.6 Å². The molecule has 4 N–H and O–H groups in total. The third-order valence-electron chi connectivity index (χ3n) is 4.68. The van der Waals surface area contributed by atoms with E-state index < -0.39 is 12.1 Å². The maximum absolute atomic E-state index is 13.0. The minimum absolute atomic E-state index is 0.00776. The predicted molar refractivity (Wildman–Crippen MR) is 106 cm³/mol. The molecule has 0 saturated carbocycles. The van der Waals surface area contributed by atoms with Crippen molar-refractivity contribution in [3.63, 3.8) is 0 Å². The van der Waals surface area contributed by atoms with Crippen molar-refractivity contribution in [3.05, 3.63) is 64.1 Å². The van der Waals surface area contributed by atoms with Crippen molar-refractivity contribution in [3.8, 4) is 17.2 Å². The van der Waals surface area contributed by atoms with E-state index in [1.807, 2.05) is 18.2 Å². The number of anilines is 2. The number of aliphatic carboxylic acids is 1. The Kier molecular flexibility index (Phi) is 5.33. The molecule has 2 aromatic carbocycles. The van der Waals surface area contributed by atoms with Gasteiger partial charge in [0.2, 0.25) is 0 Å². The number of carboxylic acids is 1. The first kappa shape index (κ1) is 20.0. The number of aliphatic hydroxyl groups is 1. The highest BCUT2D eigenvalue weighted by Crippen LogP contribution is 2.38. The van der Waals surface area contributed by atoms with Gasteiger partial charge in [-0.3, -0.25) is 9.48 Å². The van der Waals surface area contributed by atoms with Gasteiger partial charge in [-0.25, -0.2) is 9.48 Å². The number of methoxy groups -OCH3 is 1. The molecule has 1 atom stereocenters. The highest BCUT2D eigenvalue weighted by Gasteiger charge is 2.23. The van der Waals surface area contributed by atoms with Crippen LogP contribution in [0.4, 0.5) is 11.4 Å². The number of hydrogen-bond donors (Lipinski definition) is 4. The summed E-state index contributed by atoms with van der Waals surface area (Å²) in [7, 11) is 3.02. The van der Waals surface area contributed by atoms with Gasteiger partial charge in [0, 0.05) is 7.05 Å². The lowest BCUT2D eigenvalue weighted by Crippen LogP contribution is -2.20. The molecule has 0 bridgehead atoms. The first-order valence-corrected chi connectivity index (χ1v) is 8.69. The van der Waals surface area contributed by atoms with Gasteiger partial charge in [0.1, 0.15) is 5.69 Å². The number of phenolic OH excluding ortho intramolecular Hbond substituents is 1. The number of ether oxygens (including phenoxy) is 1. The lowest BCUT2D eigenvalue weighted by molar-refractivity contribution is -0.146. The Morgan fingerprint density at radius 2 is 1.86 bits per heavy atom. The monoisotopic (exact) mass is 399 g/mol. The molecule has 0 aliphatic rings. The fraction of sp³-hybridized carbons (Fsp3) is 0.200. The Balaban J connectivity index is 2.13. The number of carbonyl (C=O) groups is 1. The Labute approximate surface area is 166 Å². The predicted octanol–water partition coefficient (Wildman–Crippen LogP) is 2.06. The number of rotatable bonds is 6. The number of phenols is 1. The standard InChI is InChI=1S/C20H21N3O6/c1-11-16(19(26)23(22(11)2)13-7-5-4-6-8-13)21-14-9-12(17(24)20(27)28)10-15(29-3)18(14)25/h4-10,17,21,24-25H,1-3H3,(H,27,28). The largest absolute Gasteiger partial charge is 0.503 e. The zero-order valence-corrected chi connectivity index (χ0v) is 16.1. The lowest BCUT2D eigenvalue weighted by atomic mass is 10.1. The molecular weight excluding hydrogens is 378 g/mol. The van der Waals surface area contributed by atoms with Crippen molar-refractivity contribution in [2.75, 3.05) is 12.4 Å². The van der Waals surface area contributed by atoms with Crippen LogP contribution < -0.4 is 15.6 Å². The summed E-state index contributed by atoms with van der Waals surface area (Å²) < 4.78 is 8.19. The van der Waals surface area contributed by atoms with E-state index >= 15 is 0 Å². The summed E-state index contributed by atoms with van der Waals surface area (Å²) in [5.74, 6) is -1.81. The zero-order chi connectivity index (χ0) is 21.3. The third-order valence-corrected chi connectivity index (χ3v) is 4.68. The van der Waals surface area contributed by atoms with E-state index in [0.717, 1.165) is 0 Å². The van der Waals surface area contributed by atoms with Crippen molar-refractivity contribution in [2.24, 2.45) is 7.05 Å². The van der Waals surface area contributed by atoms with E-state index in [9.17, 15) is 19.8 Å². The Morgan fingerprint density at radius 1 is 1.21 bits per heavy atom. The Hall–Kier alpha value is -3.72. The van der Waals surface area contributed by atoms with E-state index in [1.54, 1.807) is 30.8 Å². The summed E-state index contributed by atoms with van der Waals surface area (Å²) in [5, 5.41) is 32.2. The topological polar surface area (TPSA) is 126 Å². The average Bonchev–Trinajstić information content (AvgIpc) is 2.92. The van der Waals surface area contributed by atoms with E-state index in [2.05, 4.69) is 5.32 Å². The number of carboxylic acid groups (broad SMARTS) is 1. The molecule has 9 heteroatoms. The SMILES string of the molecule is COc1cc(C(O)C(=O)O)cc(Nc2c(C)n(C)n(-c3ccccc3)c2=O)c1O. The number of benzene rings is 2. The number of nitrogens with one attached hydrogen (secondary N) is 1. The maximum Gasteiger partial charge on any atom is 0.337 e. The second-order valence-electron chi connectivity index (χ2n) is 6.42. The first-order chi connectivity index (χ1) is 13.8. The van der Waals surface area contributed by atoms with Crippen LogP contribution >= 0.6 is 0 Å². The highest BCUT2D eigenvalue weighted by molar-refractivity contribution is 5.78. The summed E-state index contributed by atoms with van der Waals surface area (Å²) in [6.45, 7) is 1.73. The van der Waals surface area contributed by atoms with Gasteiger partial charge in [-0.05, 0) is 36.8 Å². The molecule has 0 saturated heterocycles. The molecule has 152 valence electrons. The molecule has 0 amide bonds. The van der Waals surface area contributed by atoms with Gasteiger partial charge in [0.25, 0.3) is 5.56 Å². The van der Waals surface area contributed by atoms with E-state index in [4.69, 9.17) is 9.84 Å². The number of hydrogen-bond acceptors (Lipinski definition) is 6. The second kappa shape index (κ2) is 7.72. The smallest absolute Gasteiger partial charge is 0.337 e. The molecule has 0 spiro atoms. The summed E-state index contributed by atoms with van der Waals surface area (Å²) in [6, 6.07) is 11.5. The molecule has 29 heavy (non-hydrogen) atoms. The van der Waals surface area contributed by atoms with Crippen LogP contribution in [0.25, 0.3) is 5.69 Å². The van der Waals surface area contributed by atoms with Gasteiger partial charge in [0.05, 0.1) is 24.2 Å². The van der Waals surface area contributed by atoms with Gasteiger partial charge < -0.3 is 25.4 Å². The number of aromatic hydroxyl groups is 1. The summed E-state index contributed by atoms with van der Waals surface area (Å²) in [6.07, 6.45) is -1.82. The highest BCUT2D eigenvalue weighted by atomic mass is 16.5. The average molecular weight is 399 g/mol. The minimum atomic E-state index is -1.82. The van der Waals surface area contributed by atoms with Crippen LogP contribution in [0.3, 0.4) is 0 Å². The zero-order valence-electron chi connectivity index (χ0n) is 16.1. The molecule has 0 fully saturated rings. The molecule has 1 heterocycles. The molecule has 3 aromatic rings. The molecule has 9 nitrogen and oxygen atoms in total. The molecule has 1 aromatic heterocycles. The summed E-state index contributed by atoms with van der Waals surface area (Å²) >= 11 is 0. The van der Waals surface area contributed by atoms with Crippen molar-refractivity contribution in [1.82, 2.24) is 9.36 Å². The normalized spacial score (nSPS) is 11.9. The van der Waals surface area contributed by atoms with Crippen LogP contribution in [-0.4, -0.2) is 37.8 Å². The van der Waals surface area contributed by atoms with Crippen molar-refractivity contribution in [2.45, 2.75) is 13.0 Å². The Bertz CT molecular complexity index is 1120. The first-order valence-electron chi connectivity index (χ1n) is 8.69. The van der Waals surface area contributed by atoms with Crippen LogP contribution in [0.1, 0.15) is 17.4 Å². The third kappa shape index (κ3) is 3.55.